The monoisotopic (exact) mass is 973 g/mol. The Morgan fingerprint density at radius 1 is 0.329 bits per heavy atom. The summed E-state index contributed by atoms with van der Waals surface area (Å²) in [5.74, 6) is -0.429. The Morgan fingerprint density at radius 3 is 1.07 bits per heavy atom. The Kier molecular flexibility index (Phi) is 57.4. The molecule has 0 aliphatic rings. The first kappa shape index (κ1) is 66.8. The van der Waals surface area contributed by atoms with Gasteiger partial charge < -0.3 is 14.2 Å². The van der Waals surface area contributed by atoms with Crippen LogP contribution in [0.5, 0.6) is 0 Å². The van der Waals surface area contributed by atoms with E-state index in [2.05, 4.69) is 118 Å². The number of rotatable bonds is 54. The topological polar surface area (TPSA) is 61.8 Å². The van der Waals surface area contributed by atoms with Gasteiger partial charge in [-0.15, -0.1) is 0 Å². The van der Waals surface area contributed by atoms with Gasteiger partial charge in [-0.05, 0) is 122 Å². The Morgan fingerprint density at radius 2 is 0.643 bits per heavy atom. The number of hydrogen-bond acceptors (Lipinski definition) is 5. The molecular weight excluding hydrogens is 861 g/mol. The minimum Gasteiger partial charge on any atom is -0.462 e. The third kappa shape index (κ3) is 57.4. The largest absolute Gasteiger partial charge is 0.462 e. The van der Waals surface area contributed by atoms with Crippen molar-refractivity contribution in [2.75, 3.05) is 19.8 Å². The lowest BCUT2D eigenvalue weighted by molar-refractivity contribution is -0.163. The molecule has 1 unspecified atom stereocenters. The molecule has 0 aromatic rings. The van der Waals surface area contributed by atoms with E-state index in [1.165, 1.54) is 135 Å². The lowest BCUT2D eigenvalue weighted by atomic mass is 10.1. The van der Waals surface area contributed by atoms with Crippen molar-refractivity contribution in [2.24, 2.45) is 0 Å². The molecule has 0 saturated heterocycles. The summed E-state index contributed by atoms with van der Waals surface area (Å²) >= 11 is 0. The van der Waals surface area contributed by atoms with Gasteiger partial charge in [0.05, 0.1) is 6.61 Å². The van der Waals surface area contributed by atoms with Gasteiger partial charge in [-0.25, -0.2) is 0 Å². The molecule has 5 heteroatoms. The molecule has 0 fully saturated rings. The van der Waals surface area contributed by atoms with Crippen molar-refractivity contribution in [3.8, 4) is 0 Å². The van der Waals surface area contributed by atoms with Crippen molar-refractivity contribution < 1.29 is 23.8 Å². The first-order chi connectivity index (χ1) is 34.6. The molecule has 0 amide bonds. The maximum atomic E-state index is 12.9. The minimum absolute atomic E-state index is 0.0609. The fraction of sp³-hybridized carbons (Fsp3) is 0.723. The highest BCUT2D eigenvalue weighted by Crippen LogP contribution is 2.15. The molecule has 0 N–H and O–H groups in total. The van der Waals surface area contributed by atoms with Gasteiger partial charge in [0.2, 0.25) is 0 Å². The van der Waals surface area contributed by atoms with Crippen molar-refractivity contribution >= 4 is 11.9 Å². The zero-order valence-electron chi connectivity index (χ0n) is 46.3. The number of ether oxygens (including phenoxy) is 3. The normalized spacial score (nSPS) is 12.9. The van der Waals surface area contributed by atoms with Gasteiger partial charge in [-0.3, -0.25) is 9.59 Å². The number of carbonyl (C=O) groups is 2. The van der Waals surface area contributed by atoms with E-state index in [0.29, 0.717) is 19.4 Å². The molecule has 0 aromatic heterocycles. The van der Waals surface area contributed by atoms with Crippen LogP contribution in [0.4, 0.5) is 0 Å². The van der Waals surface area contributed by atoms with E-state index in [9.17, 15) is 9.59 Å². The second-order valence-corrected chi connectivity index (χ2v) is 19.5. The van der Waals surface area contributed by atoms with Crippen LogP contribution in [0.15, 0.2) is 97.2 Å². The quantitative estimate of drug-likeness (QED) is 0.0345. The summed E-state index contributed by atoms with van der Waals surface area (Å²) in [6.07, 6.45) is 81.5. The molecule has 0 spiro atoms. The first-order valence-electron chi connectivity index (χ1n) is 29.8. The van der Waals surface area contributed by atoms with Crippen molar-refractivity contribution in [1.82, 2.24) is 0 Å². The molecule has 5 nitrogen and oxygen atoms in total. The number of unbranched alkanes of at least 4 members (excludes halogenated alkanes) is 27. The lowest BCUT2D eigenvalue weighted by Crippen LogP contribution is -2.30. The van der Waals surface area contributed by atoms with E-state index in [1.54, 1.807) is 0 Å². The Labute approximate surface area is 434 Å². The van der Waals surface area contributed by atoms with E-state index in [-0.39, 0.29) is 25.2 Å². The van der Waals surface area contributed by atoms with E-state index in [1.807, 2.05) is 0 Å². The van der Waals surface area contributed by atoms with Gasteiger partial charge in [0.15, 0.2) is 6.10 Å². The predicted molar refractivity (Wildman–Crippen MR) is 306 cm³/mol. The molecule has 0 radical (unpaired) electrons. The minimum atomic E-state index is -0.566. The molecule has 70 heavy (non-hydrogen) atoms. The molecule has 402 valence electrons. The summed E-state index contributed by atoms with van der Waals surface area (Å²) in [4.78, 5) is 25.6. The molecule has 0 heterocycles. The maximum absolute atomic E-state index is 12.9. The van der Waals surface area contributed by atoms with E-state index in [0.717, 1.165) is 109 Å². The van der Waals surface area contributed by atoms with Crippen molar-refractivity contribution in [2.45, 2.75) is 284 Å². The smallest absolute Gasteiger partial charge is 0.306 e. The third-order valence-electron chi connectivity index (χ3n) is 12.6. The molecule has 0 saturated carbocycles. The number of carbonyl (C=O) groups excluding carboxylic acids is 2. The van der Waals surface area contributed by atoms with Gasteiger partial charge in [0.25, 0.3) is 0 Å². The van der Waals surface area contributed by atoms with Crippen molar-refractivity contribution in [1.29, 1.82) is 0 Å². The summed E-state index contributed by atoms with van der Waals surface area (Å²) < 4.78 is 17.5. The second kappa shape index (κ2) is 60.1. The first-order valence-corrected chi connectivity index (χ1v) is 29.8. The molecule has 0 bridgehead atoms. The molecule has 0 aliphatic carbocycles. The van der Waals surface area contributed by atoms with Crippen LogP contribution in [-0.2, 0) is 23.8 Å². The molecule has 0 aromatic carbocycles. The average molecular weight is 974 g/mol. The van der Waals surface area contributed by atoms with Crippen LogP contribution < -0.4 is 0 Å². The molecule has 0 rings (SSSR count). The van der Waals surface area contributed by atoms with Gasteiger partial charge in [-0.1, -0.05) is 240 Å². The van der Waals surface area contributed by atoms with Crippen LogP contribution in [0.3, 0.4) is 0 Å². The Balaban J connectivity index is 4.35. The maximum Gasteiger partial charge on any atom is 0.306 e. The van der Waals surface area contributed by atoms with E-state index < -0.39 is 6.10 Å². The summed E-state index contributed by atoms with van der Waals surface area (Å²) in [6, 6.07) is 0. The number of hydrogen-bond donors (Lipinski definition) is 0. The van der Waals surface area contributed by atoms with Gasteiger partial charge in [0.1, 0.15) is 6.61 Å². The van der Waals surface area contributed by atoms with Crippen LogP contribution in [-0.4, -0.2) is 37.9 Å². The molecule has 1 atom stereocenters. The highest BCUT2D eigenvalue weighted by atomic mass is 16.6. The van der Waals surface area contributed by atoms with Crippen LogP contribution in [0.1, 0.15) is 278 Å². The molecule has 0 aliphatic heterocycles. The van der Waals surface area contributed by atoms with E-state index >= 15 is 0 Å². The second-order valence-electron chi connectivity index (χ2n) is 19.5. The summed E-state index contributed by atoms with van der Waals surface area (Å²) in [5, 5.41) is 0. The Bertz CT molecular complexity index is 1330. The summed E-state index contributed by atoms with van der Waals surface area (Å²) in [6.45, 7) is 7.62. The fourth-order valence-corrected chi connectivity index (χ4v) is 8.15. The average Bonchev–Trinajstić information content (AvgIpc) is 3.36. The van der Waals surface area contributed by atoms with Crippen molar-refractivity contribution in [3.63, 3.8) is 0 Å². The van der Waals surface area contributed by atoms with Crippen LogP contribution in [0.25, 0.3) is 0 Å². The third-order valence-corrected chi connectivity index (χ3v) is 12.6. The van der Waals surface area contributed by atoms with Crippen LogP contribution in [0, 0.1) is 0 Å². The summed E-state index contributed by atoms with van der Waals surface area (Å²) in [7, 11) is 0. The van der Waals surface area contributed by atoms with Gasteiger partial charge in [0, 0.05) is 19.4 Å². The fourth-order valence-electron chi connectivity index (χ4n) is 8.15. The van der Waals surface area contributed by atoms with Gasteiger partial charge >= 0.3 is 11.9 Å². The number of esters is 2. The number of allylic oxidation sites excluding steroid dienone is 16. The lowest BCUT2D eigenvalue weighted by Gasteiger charge is -2.18. The van der Waals surface area contributed by atoms with E-state index in [4.69, 9.17) is 14.2 Å². The zero-order valence-corrected chi connectivity index (χ0v) is 46.3. The van der Waals surface area contributed by atoms with Crippen LogP contribution >= 0.6 is 0 Å². The standard InChI is InChI=1S/C65H112O5/c1-4-7-10-13-16-19-22-25-28-31-33-35-37-40-43-46-49-52-55-58-64(66)69-62-63(61-68-60-57-54-51-48-45-42-39-30-27-24-21-18-15-12-9-6-3)70-65(67)59-56-53-50-47-44-41-38-36-34-32-29-26-23-20-17-14-11-8-5-2/h9,12,16,18-19,21,25-30,33,35,42,45,63H,4-8,10-11,13-15,17,20,22-24,31-32,34,36-41,43-44,46-62H2,1-3H3/b12-9-,19-16-,21-18-,28-25-,29-26-,30-27-,35-33-,45-42-. The Hall–Kier alpha value is -3.18. The summed E-state index contributed by atoms with van der Waals surface area (Å²) in [5.41, 5.74) is 0. The zero-order chi connectivity index (χ0) is 50.6. The predicted octanol–water partition coefficient (Wildman–Crippen LogP) is 20.6. The van der Waals surface area contributed by atoms with Crippen molar-refractivity contribution in [3.05, 3.63) is 97.2 Å². The highest BCUT2D eigenvalue weighted by molar-refractivity contribution is 5.70. The molecular formula is C65H112O5. The van der Waals surface area contributed by atoms with Crippen LogP contribution in [0.2, 0.25) is 0 Å². The van der Waals surface area contributed by atoms with Gasteiger partial charge in [-0.2, -0.15) is 0 Å². The SMILES string of the molecule is CC/C=C\C/C=C\C/C=C\C/C=C\CCCCCOCC(COC(=O)CCCCCCCC/C=C\C/C=C\C/C=C\CCCCC)OC(=O)CCCCCCCCCCC/C=C\CCCCCCCC. The highest BCUT2D eigenvalue weighted by Gasteiger charge is 2.17.